The first kappa shape index (κ1) is 15.5. The lowest BCUT2D eigenvalue weighted by atomic mass is 10.0. The molecule has 0 fully saturated rings. The maximum Gasteiger partial charge on any atom is 0.248 e. The summed E-state index contributed by atoms with van der Waals surface area (Å²) in [4.78, 5) is 17.4. The van der Waals surface area contributed by atoms with Crippen molar-refractivity contribution in [2.75, 3.05) is 5.32 Å². The molecule has 1 atom stereocenters. The summed E-state index contributed by atoms with van der Waals surface area (Å²) in [6.45, 7) is 1.79. The van der Waals surface area contributed by atoms with E-state index in [1.54, 1.807) is 23.7 Å². The summed E-state index contributed by atoms with van der Waals surface area (Å²) in [6.07, 6.45) is 0. The highest BCUT2D eigenvalue weighted by atomic mass is 32.1. The Hall–Kier alpha value is -3.00. The third-order valence-corrected chi connectivity index (χ3v) is 4.96. The minimum atomic E-state index is -0.507. The zero-order valence-corrected chi connectivity index (χ0v) is 14.0. The minimum absolute atomic E-state index is 0.323. The molecule has 3 N–H and O–H groups in total. The molecule has 0 radical (unpaired) electrons. The molecule has 0 spiro atoms. The summed E-state index contributed by atoms with van der Waals surface area (Å²) in [5.41, 5.74) is 7.40. The number of thiophene rings is 1. The van der Waals surface area contributed by atoms with Gasteiger partial charge in [0.25, 0.3) is 0 Å². The summed E-state index contributed by atoms with van der Waals surface area (Å²) in [7, 11) is 0. The summed E-state index contributed by atoms with van der Waals surface area (Å²) >= 11 is 1.52. The van der Waals surface area contributed by atoms with E-state index in [4.69, 9.17) is 5.73 Å². The molecule has 1 amide bonds. The molecule has 3 heterocycles. The zero-order valence-electron chi connectivity index (χ0n) is 13.2. The van der Waals surface area contributed by atoms with Crippen molar-refractivity contribution in [1.82, 2.24) is 14.8 Å². The second-order valence-corrected chi connectivity index (χ2v) is 6.64. The van der Waals surface area contributed by atoms with E-state index < -0.39 is 11.9 Å². The van der Waals surface area contributed by atoms with Crippen molar-refractivity contribution in [1.29, 1.82) is 0 Å². The topological polar surface area (TPSA) is 85.8 Å². The molecule has 1 aliphatic heterocycles. The Bertz CT molecular complexity index is 975. The van der Waals surface area contributed by atoms with Crippen LogP contribution in [0.5, 0.6) is 0 Å². The lowest BCUT2D eigenvalue weighted by Gasteiger charge is -2.26. The average molecular weight is 355 g/mol. The Morgan fingerprint density at radius 3 is 2.72 bits per heavy atom. The summed E-state index contributed by atoms with van der Waals surface area (Å²) in [5.74, 6) is 0.131. The van der Waals surface area contributed by atoms with Crippen molar-refractivity contribution in [2.24, 2.45) is 5.73 Å². The van der Waals surface area contributed by atoms with Gasteiger partial charge in [0.1, 0.15) is 11.9 Å². The molecule has 0 saturated carbocycles. The van der Waals surface area contributed by atoms with E-state index in [2.05, 4.69) is 15.4 Å². The number of anilines is 1. The molecule has 3 aromatic rings. The molecular weight excluding hydrogens is 341 g/mol. The maximum absolute atomic E-state index is 13.2. The van der Waals surface area contributed by atoms with Gasteiger partial charge < -0.3 is 11.1 Å². The molecule has 8 heteroatoms. The van der Waals surface area contributed by atoms with E-state index in [1.807, 2.05) is 17.5 Å². The Labute approximate surface area is 146 Å². The number of allylic oxidation sites excluding steroid dienone is 1. The van der Waals surface area contributed by atoms with Gasteiger partial charge in [0.05, 0.1) is 5.57 Å². The van der Waals surface area contributed by atoms with E-state index in [1.165, 1.54) is 23.5 Å². The fraction of sp³-hybridized carbons (Fsp3) is 0.118. The van der Waals surface area contributed by atoms with Gasteiger partial charge in [0.15, 0.2) is 5.82 Å². The van der Waals surface area contributed by atoms with Crippen LogP contribution in [0.1, 0.15) is 17.8 Å². The second kappa shape index (κ2) is 5.82. The van der Waals surface area contributed by atoms with Crippen LogP contribution in [0.25, 0.3) is 11.4 Å². The van der Waals surface area contributed by atoms with Gasteiger partial charge in [0, 0.05) is 16.1 Å². The summed E-state index contributed by atoms with van der Waals surface area (Å²) < 4.78 is 14.8. The number of primary amides is 1. The Morgan fingerprint density at radius 2 is 2.08 bits per heavy atom. The molecule has 6 nitrogen and oxygen atoms in total. The Morgan fingerprint density at radius 1 is 1.32 bits per heavy atom. The van der Waals surface area contributed by atoms with Crippen molar-refractivity contribution in [3.63, 3.8) is 0 Å². The van der Waals surface area contributed by atoms with Gasteiger partial charge in [0.2, 0.25) is 11.9 Å². The number of amides is 1. The molecule has 25 heavy (non-hydrogen) atoms. The number of aromatic nitrogens is 3. The van der Waals surface area contributed by atoms with E-state index >= 15 is 0 Å². The fourth-order valence-corrected chi connectivity index (χ4v) is 3.72. The number of carbonyl (C=O) groups is 1. The third-order valence-electron chi connectivity index (χ3n) is 4.03. The standard InChI is InChI=1S/C17H14FN5OS/c1-9-13(15(19)24)14(12-3-2-8-25-12)23-17(20-9)21-16(22-23)10-4-6-11(18)7-5-10/h2-8,14H,1H3,(H2,19,24)(H,20,21,22). The predicted octanol–water partition coefficient (Wildman–Crippen LogP) is 2.92. The normalized spacial score (nSPS) is 16.5. The van der Waals surface area contributed by atoms with Gasteiger partial charge in [-0.1, -0.05) is 6.07 Å². The third kappa shape index (κ3) is 2.60. The molecule has 0 aliphatic carbocycles. The number of rotatable bonds is 3. The van der Waals surface area contributed by atoms with Crippen molar-refractivity contribution in [2.45, 2.75) is 13.0 Å². The first-order chi connectivity index (χ1) is 12.0. The minimum Gasteiger partial charge on any atom is -0.366 e. The molecular formula is C17H14FN5OS. The largest absolute Gasteiger partial charge is 0.366 e. The van der Waals surface area contributed by atoms with Crippen molar-refractivity contribution in [3.05, 3.63) is 63.7 Å². The molecule has 1 aliphatic rings. The molecule has 126 valence electrons. The number of fused-ring (bicyclic) bond motifs is 1. The molecule has 2 aromatic heterocycles. The van der Waals surface area contributed by atoms with E-state index in [-0.39, 0.29) is 5.82 Å². The van der Waals surface area contributed by atoms with Crippen LogP contribution in [0.4, 0.5) is 10.3 Å². The predicted molar refractivity (Wildman–Crippen MR) is 93.4 cm³/mol. The number of nitrogens with two attached hydrogens (primary N) is 1. The van der Waals surface area contributed by atoms with Gasteiger partial charge >= 0.3 is 0 Å². The highest BCUT2D eigenvalue weighted by Crippen LogP contribution is 2.37. The quantitative estimate of drug-likeness (QED) is 0.756. The van der Waals surface area contributed by atoms with Crippen LogP contribution in [0.2, 0.25) is 0 Å². The molecule has 4 rings (SSSR count). The maximum atomic E-state index is 13.2. The van der Waals surface area contributed by atoms with E-state index in [9.17, 15) is 9.18 Å². The van der Waals surface area contributed by atoms with Gasteiger partial charge in [-0.15, -0.1) is 16.4 Å². The number of nitrogens with one attached hydrogen (secondary N) is 1. The highest BCUT2D eigenvalue weighted by Gasteiger charge is 2.33. The highest BCUT2D eigenvalue weighted by molar-refractivity contribution is 7.10. The second-order valence-electron chi connectivity index (χ2n) is 5.66. The number of nitrogens with zero attached hydrogens (tertiary/aromatic N) is 3. The van der Waals surface area contributed by atoms with Crippen molar-refractivity contribution >= 4 is 23.2 Å². The number of hydrogen-bond donors (Lipinski definition) is 2. The van der Waals surface area contributed by atoms with Gasteiger partial charge in [-0.25, -0.2) is 9.07 Å². The van der Waals surface area contributed by atoms with Gasteiger partial charge in [-0.05, 0) is 42.6 Å². The number of halogens is 1. The lowest BCUT2D eigenvalue weighted by Crippen LogP contribution is -2.31. The zero-order chi connectivity index (χ0) is 17.6. The van der Waals surface area contributed by atoms with Gasteiger partial charge in [-0.2, -0.15) is 4.98 Å². The summed E-state index contributed by atoms with van der Waals surface area (Å²) in [5, 5.41) is 9.56. The number of carbonyl (C=O) groups excluding carboxylic acids is 1. The first-order valence-corrected chi connectivity index (χ1v) is 8.46. The Balaban J connectivity index is 1.86. The molecule has 1 aromatic carbocycles. The SMILES string of the molecule is CC1=C(C(N)=O)C(c2cccs2)n2nc(-c3ccc(F)cc3)nc2N1. The monoisotopic (exact) mass is 355 g/mol. The lowest BCUT2D eigenvalue weighted by molar-refractivity contribution is -0.115. The van der Waals surface area contributed by atoms with Crippen LogP contribution in [-0.4, -0.2) is 20.7 Å². The summed E-state index contributed by atoms with van der Waals surface area (Å²) in [6, 6.07) is 9.36. The molecule has 0 saturated heterocycles. The van der Waals surface area contributed by atoms with Crippen LogP contribution in [0.15, 0.2) is 53.0 Å². The molecule has 1 unspecified atom stereocenters. The van der Waals surface area contributed by atoms with Crippen molar-refractivity contribution in [3.8, 4) is 11.4 Å². The van der Waals surface area contributed by atoms with Crippen molar-refractivity contribution < 1.29 is 9.18 Å². The number of benzene rings is 1. The van der Waals surface area contributed by atoms with Crippen LogP contribution in [0, 0.1) is 5.82 Å². The van der Waals surface area contributed by atoms with Crippen LogP contribution in [-0.2, 0) is 4.79 Å². The van der Waals surface area contributed by atoms with Gasteiger partial charge in [-0.3, -0.25) is 4.79 Å². The fourth-order valence-electron chi connectivity index (χ4n) is 2.90. The van der Waals surface area contributed by atoms with Crippen LogP contribution in [0.3, 0.4) is 0 Å². The number of hydrogen-bond acceptors (Lipinski definition) is 5. The smallest absolute Gasteiger partial charge is 0.248 e. The van der Waals surface area contributed by atoms with E-state index in [0.717, 1.165) is 4.88 Å². The Kier molecular flexibility index (Phi) is 3.61. The molecule has 0 bridgehead atoms. The first-order valence-electron chi connectivity index (χ1n) is 7.58. The van der Waals surface area contributed by atoms with Crippen LogP contribution < -0.4 is 11.1 Å². The average Bonchev–Trinajstić information content (AvgIpc) is 3.23. The van der Waals surface area contributed by atoms with Crippen LogP contribution >= 0.6 is 11.3 Å². The van der Waals surface area contributed by atoms with E-state index in [0.29, 0.717) is 28.6 Å².